The third kappa shape index (κ3) is 1.01. The summed E-state index contributed by atoms with van der Waals surface area (Å²) in [5.41, 5.74) is 0. The predicted molar refractivity (Wildman–Crippen MR) is 43.5 cm³/mol. The molecule has 3 heterocycles. The lowest BCUT2D eigenvalue weighted by Gasteiger charge is -2.55. The third-order valence-electron chi connectivity index (χ3n) is 3.18. The van der Waals surface area contributed by atoms with Gasteiger partial charge in [0, 0.05) is 6.42 Å². The van der Waals surface area contributed by atoms with Crippen molar-refractivity contribution in [2.75, 3.05) is 0 Å². The van der Waals surface area contributed by atoms with Crippen LogP contribution in [0.2, 0.25) is 0 Å². The molecule has 4 rings (SSSR count). The molecule has 4 aliphatic rings. The summed E-state index contributed by atoms with van der Waals surface area (Å²) in [6.07, 6.45) is -2.42. The van der Waals surface area contributed by atoms with Crippen molar-refractivity contribution in [3.8, 4) is 0 Å². The minimum Gasteiger partial charge on any atom is -0.361 e. The highest BCUT2D eigenvalue weighted by Gasteiger charge is 2.89. The van der Waals surface area contributed by atoms with Gasteiger partial charge in [-0.15, -0.1) is 0 Å². The fourth-order valence-corrected chi connectivity index (χ4v) is 3.95. The molecule has 17 heavy (non-hydrogen) atoms. The average Bonchev–Trinajstić information content (AvgIpc) is 2.50. The molecular weight excluding hydrogens is 263 g/mol. The molecule has 3 saturated heterocycles. The molecule has 1 spiro atoms. The molecule has 1 atom stereocenters. The minimum absolute atomic E-state index is 0.896. The SMILES string of the molecule is O=P12OC3CC(O)(O)C(O)(O)C(O)(O)C3(O1)O2. The van der Waals surface area contributed by atoms with Crippen LogP contribution in [0.4, 0.5) is 0 Å². The first-order valence-corrected chi connectivity index (χ1v) is 5.98. The highest BCUT2D eigenvalue weighted by atomic mass is 31.2. The van der Waals surface area contributed by atoms with Crippen LogP contribution in [-0.2, 0) is 18.1 Å². The number of phosphoric ester groups is 1. The summed E-state index contributed by atoms with van der Waals surface area (Å²) < 4.78 is 25.1. The zero-order chi connectivity index (χ0) is 12.9. The van der Waals surface area contributed by atoms with Gasteiger partial charge in [-0.2, -0.15) is 0 Å². The summed E-state index contributed by atoms with van der Waals surface area (Å²) in [4.78, 5) is 0. The normalized spacial score (nSPS) is 52.7. The topological polar surface area (TPSA) is 166 Å². The molecule has 0 aromatic rings. The van der Waals surface area contributed by atoms with Gasteiger partial charge < -0.3 is 30.6 Å². The maximum atomic E-state index is 11.3. The highest BCUT2D eigenvalue weighted by molar-refractivity contribution is 7.50. The second kappa shape index (κ2) is 2.58. The minimum atomic E-state index is -3.97. The Labute approximate surface area is 93.2 Å². The van der Waals surface area contributed by atoms with Crippen LogP contribution in [0.5, 0.6) is 0 Å². The largest absolute Gasteiger partial charge is 0.481 e. The van der Waals surface area contributed by atoms with Crippen molar-refractivity contribution in [1.29, 1.82) is 0 Å². The van der Waals surface area contributed by atoms with E-state index in [4.69, 9.17) is 0 Å². The average molecular weight is 272 g/mol. The van der Waals surface area contributed by atoms with Gasteiger partial charge in [-0.1, -0.05) is 0 Å². The quantitative estimate of drug-likeness (QED) is 0.194. The molecular formula is C6H9O10P. The third-order valence-corrected chi connectivity index (χ3v) is 4.68. The van der Waals surface area contributed by atoms with Crippen molar-refractivity contribution in [3.05, 3.63) is 0 Å². The van der Waals surface area contributed by atoms with Crippen LogP contribution in [-0.4, -0.2) is 59.9 Å². The van der Waals surface area contributed by atoms with Crippen molar-refractivity contribution >= 4 is 7.82 Å². The molecule has 0 amide bonds. The van der Waals surface area contributed by atoms with Gasteiger partial charge in [-0.3, -0.25) is 4.52 Å². The first kappa shape index (κ1) is 11.9. The van der Waals surface area contributed by atoms with Crippen molar-refractivity contribution in [1.82, 2.24) is 0 Å². The Bertz CT molecular complexity index is 430. The summed E-state index contributed by atoms with van der Waals surface area (Å²) in [6.45, 7) is 0. The van der Waals surface area contributed by atoms with E-state index in [2.05, 4.69) is 13.6 Å². The first-order chi connectivity index (χ1) is 7.48. The molecule has 4 fully saturated rings. The van der Waals surface area contributed by atoms with Gasteiger partial charge in [0.15, 0.2) is 0 Å². The standard InChI is InChI=1S/C6H9O10P/c7-3(8)1-2-4(6(11,12)5(3,9)10)15-17(13,14-2)16-4/h2,7-12H,1H2. The summed E-state index contributed by atoms with van der Waals surface area (Å²) in [6, 6.07) is 0. The van der Waals surface area contributed by atoms with Crippen molar-refractivity contribution in [3.63, 3.8) is 0 Å². The Morgan fingerprint density at radius 1 is 1.00 bits per heavy atom. The van der Waals surface area contributed by atoms with Crippen molar-refractivity contribution in [2.45, 2.75) is 35.7 Å². The molecule has 0 aromatic heterocycles. The number of hydrogen-bond acceptors (Lipinski definition) is 10. The lowest BCUT2D eigenvalue weighted by Crippen LogP contribution is -2.83. The predicted octanol–water partition coefficient (Wildman–Crippen LogP) is -3.32. The second-order valence-electron chi connectivity index (χ2n) is 4.26. The molecule has 98 valence electrons. The maximum absolute atomic E-state index is 11.3. The van der Waals surface area contributed by atoms with Gasteiger partial charge in [0.25, 0.3) is 17.4 Å². The first-order valence-electron chi connectivity index (χ1n) is 4.52. The Kier molecular flexibility index (Phi) is 1.81. The van der Waals surface area contributed by atoms with Crippen LogP contribution in [0, 0.1) is 0 Å². The number of rotatable bonds is 0. The highest BCUT2D eigenvalue weighted by Crippen LogP contribution is 2.79. The monoisotopic (exact) mass is 272 g/mol. The van der Waals surface area contributed by atoms with Crippen LogP contribution in [0.1, 0.15) is 6.42 Å². The van der Waals surface area contributed by atoms with E-state index in [-0.39, 0.29) is 0 Å². The van der Waals surface area contributed by atoms with E-state index < -0.39 is 43.5 Å². The van der Waals surface area contributed by atoms with Gasteiger partial charge in [0.2, 0.25) is 5.79 Å². The van der Waals surface area contributed by atoms with Gasteiger partial charge in [-0.05, 0) is 0 Å². The Morgan fingerprint density at radius 3 is 2.06 bits per heavy atom. The molecule has 3 aliphatic heterocycles. The molecule has 2 bridgehead atoms. The molecule has 6 N–H and O–H groups in total. The molecule has 0 radical (unpaired) electrons. The van der Waals surface area contributed by atoms with E-state index in [0.717, 1.165) is 0 Å². The van der Waals surface area contributed by atoms with E-state index >= 15 is 0 Å². The number of aliphatic hydroxyl groups is 6. The van der Waals surface area contributed by atoms with E-state index in [9.17, 15) is 35.2 Å². The second-order valence-corrected chi connectivity index (χ2v) is 5.73. The Hall–Kier alpha value is -0.130. The van der Waals surface area contributed by atoms with Crippen molar-refractivity contribution < 1.29 is 48.8 Å². The van der Waals surface area contributed by atoms with Gasteiger partial charge >= 0.3 is 7.82 Å². The van der Waals surface area contributed by atoms with Crippen LogP contribution >= 0.6 is 7.82 Å². The smallest absolute Gasteiger partial charge is 0.361 e. The molecule has 1 aliphatic carbocycles. The van der Waals surface area contributed by atoms with Crippen LogP contribution in [0.25, 0.3) is 0 Å². The van der Waals surface area contributed by atoms with Gasteiger partial charge in [0.05, 0.1) is 0 Å². The van der Waals surface area contributed by atoms with E-state index in [1.54, 1.807) is 0 Å². The summed E-state index contributed by atoms with van der Waals surface area (Å²) >= 11 is 0. The van der Waals surface area contributed by atoms with Crippen LogP contribution in [0.3, 0.4) is 0 Å². The van der Waals surface area contributed by atoms with Gasteiger partial charge in [0.1, 0.15) is 6.10 Å². The number of hydrogen-bond donors (Lipinski definition) is 6. The van der Waals surface area contributed by atoms with Crippen molar-refractivity contribution in [2.24, 2.45) is 0 Å². The van der Waals surface area contributed by atoms with Crippen LogP contribution < -0.4 is 0 Å². The van der Waals surface area contributed by atoms with Gasteiger partial charge in [-0.25, -0.2) is 13.6 Å². The fraction of sp³-hybridized carbons (Fsp3) is 1.00. The summed E-state index contributed by atoms with van der Waals surface area (Å²) in [5.74, 6) is -13.2. The zero-order valence-electron chi connectivity index (χ0n) is 8.05. The Balaban J connectivity index is 2.13. The van der Waals surface area contributed by atoms with Crippen LogP contribution in [0.15, 0.2) is 0 Å². The lowest BCUT2D eigenvalue weighted by atomic mass is 9.76. The van der Waals surface area contributed by atoms with E-state index in [0.29, 0.717) is 0 Å². The number of phosphoric acid groups is 1. The van der Waals surface area contributed by atoms with E-state index in [1.807, 2.05) is 0 Å². The molecule has 0 aromatic carbocycles. The molecule has 1 unspecified atom stereocenters. The molecule has 1 saturated carbocycles. The summed E-state index contributed by atoms with van der Waals surface area (Å²) in [7, 11) is -3.97. The lowest BCUT2D eigenvalue weighted by molar-refractivity contribution is -0.528. The fourth-order valence-electron chi connectivity index (χ4n) is 2.17. The molecule has 10 nitrogen and oxygen atoms in total. The zero-order valence-corrected chi connectivity index (χ0v) is 8.94. The summed E-state index contributed by atoms with van der Waals surface area (Å²) in [5, 5.41) is 56.7. The van der Waals surface area contributed by atoms with E-state index in [1.165, 1.54) is 0 Å². The Morgan fingerprint density at radius 2 is 1.53 bits per heavy atom. The molecule has 11 heteroatoms. The maximum Gasteiger partial charge on any atom is 0.481 e.